The van der Waals surface area contributed by atoms with Crippen LogP contribution in [0.25, 0.3) is 11.2 Å². The number of rotatable bonds is 2. The van der Waals surface area contributed by atoms with Gasteiger partial charge in [0.2, 0.25) is 5.91 Å². The molecule has 0 fully saturated rings. The number of aryl methyl sites for hydroxylation is 2. The predicted octanol–water partition coefficient (Wildman–Crippen LogP) is 0.552. The third-order valence-electron chi connectivity index (χ3n) is 4.99. The van der Waals surface area contributed by atoms with Crippen molar-refractivity contribution >= 4 is 22.8 Å². The zero-order chi connectivity index (χ0) is 19.3. The molecule has 4 rings (SSSR count). The molecule has 27 heavy (non-hydrogen) atoms. The maximum absolute atomic E-state index is 14.3. The molecule has 8 nitrogen and oxygen atoms in total. The smallest absolute Gasteiger partial charge is 0.315 e. The highest BCUT2D eigenvalue weighted by molar-refractivity contribution is 5.95. The normalized spacial score (nSPS) is 13.8. The second-order valence-electron chi connectivity index (χ2n) is 6.65. The van der Waals surface area contributed by atoms with Gasteiger partial charge in [-0.3, -0.25) is 18.7 Å². The largest absolute Gasteiger partial charge is 0.332 e. The van der Waals surface area contributed by atoms with E-state index >= 15 is 0 Å². The minimum atomic E-state index is -0.524. The fraction of sp³-hybridized carbons (Fsp3) is 0.333. The van der Waals surface area contributed by atoms with E-state index in [-0.39, 0.29) is 23.6 Å². The molecule has 140 valence electrons. The Morgan fingerprint density at radius 2 is 2.00 bits per heavy atom. The van der Waals surface area contributed by atoms with Crippen molar-refractivity contribution in [3.05, 3.63) is 56.7 Å². The van der Waals surface area contributed by atoms with E-state index in [2.05, 4.69) is 4.98 Å². The number of fused-ring (bicyclic) bond motifs is 2. The van der Waals surface area contributed by atoms with Gasteiger partial charge in [-0.25, -0.2) is 14.2 Å². The monoisotopic (exact) mass is 371 g/mol. The van der Waals surface area contributed by atoms with Gasteiger partial charge in [-0.05, 0) is 24.5 Å². The first-order valence-corrected chi connectivity index (χ1v) is 8.58. The lowest BCUT2D eigenvalue weighted by Gasteiger charge is -2.30. The van der Waals surface area contributed by atoms with Crippen LogP contribution in [0.3, 0.4) is 0 Å². The van der Waals surface area contributed by atoms with Crippen LogP contribution < -0.4 is 16.1 Å². The number of amides is 1. The first-order valence-electron chi connectivity index (χ1n) is 8.58. The molecular formula is C18H18FN5O3. The topological polar surface area (TPSA) is 82.1 Å². The lowest BCUT2D eigenvalue weighted by Crippen LogP contribution is -2.40. The molecule has 1 amide bonds. The van der Waals surface area contributed by atoms with E-state index in [1.807, 2.05) is 6.07 Å². The summed E-state index contributed by atoms with van der Waals surface area (Å²) in [5.41, 5.74) is 0.460. The highest BCUT2D eigenvalue weighted by Gasteiger charge is 2.26. The minimum absolute atomic E-state index is 0.165. The van der Waals surface area contributed by atoms with Crippen LogP contribution in [-0.2, 0) is 31.9 Å². The SMILES string of the molecule is Cn1c(=O)c2c(ncn2CC(=O)N2CCCc3cccc(F)c32)n(C)c1=O. The van der Waals surface area contributed by atoms with Gasteiger partial charge >= 0.3 is 5.69 Å². The van der Waals surface area contributed by atoms with E-state index < -0.39 is 17.1 Å². The Kier molecular flexibility index (Phi) is 3.94. The van der Waals surface area contributed by atoms with Crippen LogP contribution >= 0.6 is 0 Å². The molecule has 0 radical (unpaired) electrons. The number of anilines is 1. The summed E-state index contributed by atoms with van der Waals surface area (Å²) in [6.45, 7) is 0.244. The van der Waals surface area contributed by atoms with Crippen molar-refractivity contribution in [2.45, 2.75) is 19.4 Å². The van der Waals surface area contributed by atoms with Gasteiger partial charge in [0, 0.05) is 20.6 Å². The molecule has 0 spiro atoms. The van der Waals surface area contributed by atoms with Crippen molar-refractivity contribution < 1.29 is 9.18 Å². The number of nitrogens with zero attached hydrogens (tertiary/aromatic N) is 5. The van der Waals surface area contributed by atoms with Crippen LogP contribution in [0.5, 0.6) is 0 Å². The van der Waals surface area contributed by atoms with E-state index in [0.29, 0.717) is 18.7 Å². The Morgan fingerprint density at radius 1 is 1.22 bits per heavy atom. The molecule has 1 aliphatic rings. The maximum Gasteiger partial charge on any atom is 0.332 e. The van der Waals surface area contributed by atoms with Crippen molar-refractivity contribution in [1.29, 1.82) is 0 Å². The minimum Gasteiger partial charge on any atom is -0.315 e. The molecule has 0 aliphatic carbocycles. The third kappa shape index (κ3) is 2.57. The van der Waals surface area contributed by atoms with E-state index in [1.165, 1.54) is 40.5 Å². The quantitative estimate of drug-likeness (QED) is 0.659. The number of benzene rings is 1. The summed E-state index contributed by atoms with van der Waals surface area (Å²) in [6.07, 6.45) is 2.81. The molecule has 0 saturated carbocycles. The fourth-order valence-corrected chi connectivity index (χ4v) is 3.60. The molecule has 2 aromatic heterocycles. The summed E-state index contributed by atoms with van der Waals surface area (Å²) >= 11 is 0. The number of hydrogen-bond donors (Lipinski definition) is 0. The molecule has 0 saturated heterocycles. The van der Waals surface area contributed by atoms with Crippen LogP contribution in [0.2, 0.25) is 0 Å². The van der Waals surface area contributed by atoms with Gasteiger partial charge in [-0.15, -0.1) is 0 Å². The predicted molar refractivity (Wildman–Crippen MR) is 97.3 cm³/mol. The fourth-order valence-electron chi connectivity index (χ4n) is 3.60. The van der Waals surface area contributed by atoms with Crippen molar-refractivity contribution in [1.82, 2.24) is 18.7 Å². The van der Waals surface area contributed by atoms with Gasteiger partial charge in [0.05, 0.1) is 12.0 Å². The zero-order valence-electron chi connectivity index (χ0n) is 15.0. The Bertz CT molecular complexity index is 1190. The summed E-state index contributed by atoms with van der Waals surface area (Å²) in [5.74, 6) is -0.773. The van der Waals surface area contributed by atoms with Gasteiger partial charge in [0.1, 0.15) is 12.4 Å². The molecule has 1 aromatic carbocycles. The van der Waals surface area contributed by atoms with Crippen LogP contribution in [0.15, 0.2) is 34.1 Å². The lowest BCUT2D eigenvalue weighted by atomic mass is 10.0. The van der Waals surface area contributed by atoms with Crippen molar-refractivity contribution in [3.8, 4) is 0 Å². The highest BCUT2D eigenvalue weighted by atomic mass is 19.1. The first kappa shape index (κ1) is 17.2. The van der Waals surface area contributed by atoms with Crippen molar-refractivity contribution in [2.75, 3.05) is 11.4 Å². The Morgan fingerprint density at radius 3 is 2.78 bits per heavy atom. The molecule has 9 heteroatoms. The number of hydrogen-bond acceptors (Lipinski definition) is 4. The summed E-state index contributed by atoms with van der Waals surface area (Å²) in [4.78, 5) is 43.0. The maximum atomic E-state index is 14.3. The van der Waals surface area contributed by atoms with Gasteiger partial charge in [-0.2, -0.15) is 0 Å². The molecular weight excluding hydrogens is 353 g/mol. The van der Waals surface area contributed by atoms with Crippen LogP contribution in [0.4, 0.5) is 10.1 Å². The van der Waals surface area contributed by atoms with Crippen LogP contribution in [0, 0.1) is 5.82 Å². The van der Waals surface area contributed by atoms with Gasteiger partial charge in [0.15, 0.2) is 11.2 Å². The van der Waals surface area contributed by atoms with Crippen LogP contribution in [-0.4, -0.2) is 31.1 Å². The Balaban J connectivity index is 1.76. The summed E-state index contributed by atoms with van der Waals surface area (Å²) in [6, 6.07) is 4.79. The third-order valence-corrected chi connectivity index (χ3v) is 4.99. The molecule has 3 heterocycles. The van der Waals surface area contributed by atoms with E-state index in [1.54, 1.807) is 6.07 Å². The number of aromatic nitrogens is 4. The number of para-hydroxylation sites is 1. The van der Waals surface area contributed by atoms with Gasteiger partial charge < -0.3 is 9.47 Å². The van der Waals surface area contributed by atoms with Gasteiger partial charge in [0.25, 0.3) is 5.56 Å². The summed E-state index contributed by atoms with van der Waals surface area (Å²) < 4.78 is 18.0. The Hall–Kier alpha value is -3.23. The van der Waals surface area contributed by atoms with Gasteiger partial charge in [-0.1, -0.05) is 12.1 Å². The first-order chi connectivity index (χ1) is 12.9. The number of carbonyl (C=O) groups excluding carboxylic acids is 1. The molecule has 0 N–H and O–H groups in total. The second-order valence-corrected chi connectivity index (χ2v) is 6.65. The average molecular weight is 371 g/mol. The lowest BCUT2D eigenvalue weighted by molar-refractivity contribution is -0.119. The highest BCUT2D eigenvalue weighted by Crippen LogP contribution is 2.30. The molecule has 0 bridgehead atoms. The number of halogens is 1. The van der Waals surface area contributed by atoms with E-state index in [0.717, 1.165) is 16.6 Å². The second kappa shape index (κ2) is 6.19. The average Bonchev–Trinajstić information content (AvgIpc) is 3.08. The summed E-state index contributed by atoms with van der Waals surface area (Å²) in [5, 5.41) is 0. The van der Waals surface area contributed by atoms with Crippen LogP contribution in [0.1, 0.15) is 12.0 Å². The van der Waals surface area contributed by atoms with E-state index in [9.17, 15) is 18.8 Å². The molecule has 0 atom stereocenters. The Labute approximate surface area is 153 Å². The summed E-state index contributed by atoms with van der Waals surface area (Å²) in [7, 11) is 2.89. The number of imidazole rings is 1. The van der Waals surface area contributed by atoms with E-state index in [4.69, 9.17) is 0 Å². The standard InChI is InChI=1S/C18H18FN5O3/c1-21-16-15(17(26)22(2)18(21)27)23(10-20-16)9-13(25)24-8-4-6-11-5-3-7-12(19)14(11)24/h3,5,7,10H,4,6,8-9H2,1-2H3. The van der Waals surface area contributed by atoms with Crippen molar-refractivity contribution in [3.63, 3.8) is 0 Å². The molecule has 1 aliphatic heterocycles. The zero-order valence-corrected chi connectivity index (χ0v) is 15.0. The molecule has 0 unspecified atom stereocenters. The van der Waals surface area contributed by atoms with Crippen molar-refractivity contribution in [2.24, 2.45) is 14.1 Å². The molecule has 3 aromatic rings. The number of carbonyl (C=O) groups is 1.